The molecule has 0 spiro atoms. The summed E-state index contributed by atoms with van der Waals surface area (Å²) in [5.41, 5.74) is 0.319. The van der Waals surface area contributed by atoms with Crippen LogP contribution in [0, 0.1) is 27.3 Å². The number of rotatable bonds is 5. The molecule has 2 aromatic carbocycles. The van der Waals surface area contributed by atoms with E-state index in [0.29, 0.717) is 0 Å². The minimum Gasteiger partial charge on any atom is -0.387 e. The van der Waals surface area contributed by atoms with Gasteiger partial charge in [-0.05, 0) is 29.8 Å². The van der Waals surface area contributed by atoms with Gasteiger partial charge in [0.15, 0.2) is 0 Å². The van der Waals surface area contributed by atoms with Crippen LogP contribution in [0.1, 0.15) is 17.2 Å². The second-order valence-corrected chi connectivity index (χ2v) is 5.08. The van der Waals surface area contributed by atoms with Crippen LogP contribution in [0.25, 0.3) is 0 Å². The Balaban J connectivity index is 2.15. The minimum absolute atomic E-state index is 0.0587. The van der Waals surface area contributed by atoms with E-state index >= 15 is 0 Å². The third kappa shape index (κ3) is 3.94. The van der Waals surface area contributed by atoms with E-state index in [1.807, 2.05) is 6.07 Å². The summed E-state index contributed by atoms with van der Waals surface area (Å²) in [7, 11) is 0. The maximum absolute atomic E-state index is 13.4. The van der Waals surface area contributed by atoms with E-state index in [4.69, 9.17) is 16.9 Å². The molecule has 0 aliphatic carbocycles. The summed E-state index contributed by atoms with van der Waals surface area (Å²) in [6.45, 7) is -0.0756. The summed E-state index contributed by atoms with van der Waals surface area (Å²) in [4.78, 5) is 10.4. The van der Waals surface area contributed by atoms with Gasteiger partial charge in [0.05, 0.1) is 27.7 Å². The molecule has 0 saturated carbocycles. The molecule has 2 rings (SSSR count). The van der Waals surface area contributed by atoms with Crippen molar-refractivity contribution in [1.29, 1.82) is 5.26 Å². The number of aliphatic hydroxyl groups excluding tert-OH is 1. The molecule has 0 fully saturated rings. The van der Waals surface area contributed by atoms with Gasteiger partial charge in [0.25, 0.3) is 5.69 Å². The van der Waals surface area contributed by atoms with E-state index in [1.54, 1.807) is 0 Å². The number of nitrogens with one attached hydrogen (secondary N) is 1. The lowest BCUT2D eigenvalue weighted by Crippen LogP contribution is -2.13. The molecule has 0 aliphatic rings. The fourth-order valence-corrected chi connectivity index (χ4v) is 2.06. The maximum Gasteiger partial charge on any atom is 0.293 e. The van der Waals surface area contributed by atoms with Crippen LogP contribution in [0.2, 0.25) is 5.02 Å². The molecular weight excluding hydrogens is 325 g/mol. The number of halogens is 2. The van der Waals surface area contributed by atoms with Crippen molar-refractivity contribution in [1.82, 2.24) is 0 Å². The monoisotopic (exact) mass is 335 g/mol. The third-order valence-electron chi connectivity index (χ3n) is 3.14. The number of nitro groups is 1. The van der Waals surface area contributed by atoms with Gasteiger partial charge in [0, 0.05) is 12.6 Å². The van der Waals surface area contributed by atoms with Crippen molar-refractivity contribution in [2.45, 2.75) is 6.10 Å². The van der Waals surface area contributed by atoms with Crippen LogP contribution in [0.3, 0.4) is 0 Å². The van der Waals surface area contributed by atoms with Crippen molar-refractivity contribution in [3.63, 3.8) is 0 Å². The smallest absolute Gasteiger partial charge is 0.293 e. The maximum atomic E-state index is 13.4. The van der Waals surface area contributed by atoms with Crippen molar-refractivity contribution in [3.05, 3.63) is 68.5 Å². The van der Waals surface area contributed by atoms with Crippen LogP contribution >= 0.6 is 11.6 Å². The summed E-state index contributed by atoms with van der Waals surface area (Å²) < 4.78 is 13.4. The average molecular weight is 336 g/mol. The van der Waals surface area contributed by atoms with Crippen LogP contribution < -0.4 is 5.32 Å². The number of hydrogen-bond acceptors (Lipinski definition) is 5. The summed E-state index contributed by atoms with van der Waals surface area (Å²) in [5.74, 6) is -0.660. The first-order chi connectivity index (χ1) is 10.9. The molecule has 2 N–H and O–H groups in total. The van der Waals surface area contributed by atoms with E-state index in [1.165, 1.54) is 24.3 Å². The zero-order valence-corrected chi connectivity index (χ0v) is 12.4. The van der Waals surface area contributed by atoms with Gasteiger partial charge in [-0.3, -0.25) is 10.1 Å². The van der Waals surface area contributed by atoms with Crippen molar-refractivity contribution in [2.75, 3.05) is 11.9 Å². The molecule has 118 valence electrons. The SMILES string of the molecule is N#Cc1ccc(NCC(O)c2ccc(Cl)c(F)c2)c([N+](=O)[O-])c1. The van der Waals surface area contributed by atoms with E-state index in [9.17, 15) is 19.6 Å². The molecule has 0 aliphatic heterocycles. The Kier molecular flexibility index (Phi) is 5.11. The predicted octanol–water partition coefficient (Wildman–Crippen LogP) is 3.40. The highest BCUT2D eigenvalue weighted by atomic mass is 35.5. The van der Waals surface area contributed by atoms with Gasteiger partial charge in [0.1, 0.15) is 11.5 Å². The highest BCUT2D eigenvalue weighted by Crippen LogP contribution is 2.27. The largest absolute Gasteiger partial charge is 0.387 e. The number of nitriles is 1. The highest BCUT2D eigenvalue weighted by Gasteiger charge is 2.16. The molecule has 0 heterocycles. The second kappa shape index (κ2) is 7.05. The molecule has 0 amide bonds. The molecule has 6 nitrogen and oxygen atoms in total. The molecule has 2 aromatic rings. The standard InChI is InChI=1S/C15H11ClFN3O3/c16-11-3-2-10(6-12(11)17)15(21)8-19-13-4-1-9(7-18)5-14(13)20(22)23/h1-6,15,19,21H,8H2. The number of aliphatic hydroxyl groups is 1. The quantitative estimate of drug-likeness (QED) is 0.644. The van der Waals surface area contributed by atoms with Gasteiger partial charge in [-0.15, -0.1) is 0 Å². The summed E-state index contributed by atoms with van der Waals surface area (Å²) >= 11 is 5.57. The molecule has 0 radical (unpaired) electrons. The van der Waals surface area contributed by atoms with Gasteiger partial charge < -0.3 is 10.4 Å². The molecular formula is C15H11ClFN3O3. The summed E-state index contributed by atoms with van der Waals surface area (Å²) in [6, 6.07) is 9.63. The lowest BCUT2D eigenvalue weighted by Gasteiger charge is -2.14. The van der Waals surface area contributed by atoms with Gasteiger partial charge >= 0.3 is 0 Å². The number of hydrogen-bond donors (Lipinski definition) is 2. The highest BCUT2D eigenvalue weighted by molar-refractivity contribution is 6.30. The van der Waals surface area contributed by atoms with Crippen molar-refractivity contribution >= 4 is 23.0 Å². The lowest BCUT2D eigenvalue weighted by atomic mass is 10.1. The van der Waals surface area contributed by atoms with Gasteiger partial charge in [0.2, 0.25) is 0 Å². The van der Waals surface area contributed by atoms with Crippen molar-refractivity contribution in [2.24, 2.45) is 0 Å². The van der Waals surface area contributed by atoms with Crippen molar-refractivity contribution in [3.8, 4) is 6.07 Å². The first-order valence-corrected chi connectivity index (χ1v) is 6.85. The zero-order chi connectivity index (χ0) is 17.0. The van der Waals surface area contributed by atoms with E-state index in [2.05, 4.69) is 5.32 Å². The fraction of sp³-hybridized carbons (Fsp3) is 0.133. The van der Waals surface area contributed by atoms with E-state index in [0.717, 1.165) is 12.1 Å². The van der Waals surface area contributed by atoms with Crippen LogP contribution in [-0.4, -0.2) is 16.6 Å². The van der Waals surface area contributed by atoms with Crippen molar-refractivity contribution < 1.29 is 14.4 Å². The minimum atomic E-state index is -1.09. The number of nitro benzene ring substituents is 1. The Hall–Kier alpha value is -2.69. The molecule has 23 heavy (non-hydrogen) atoms. The fourth-order valence-electron chi connectivity index (χ4n) is 1.95. The first kappa shape index (κ1) is 16.7. The average Bonchev–Trinajstić information content (AvgIpc) is 2.54. The Morgan fingerprint density at radius 1 is 1.39 bits per heavy atom. The molecule has 8 heteroatoms. The number of anilines is 1. The Morgan fingerprint density at radius 3 is 2.74 bits per heavy atom. The zero-order valence-electron chi connectivity index (χ0n) is 11.7. The molecule has 0 aromatic heterocycles. The van der Waals surface area contributed by atoms with Crippen LogP contribution in [0.4, 0.5) is 15.8 Å². The van der Waals surface area contributed by atoms with Gasteiger partial charge in [-0.1, -0.05) is 17.7 Å². The summed E-state index contributed by atoms with van der Waals surface area (Å²) in [5, 5.41) is 32.5. The lowest BCUT2D eigenvalue weighted by molar-refractivity contribution is -0.384. The molecule has 0 saturated heterocycles. The van der Waals surface area contributed by atoms with Gasteiger partial charge in [-0.2, -0.15) is 5.26 Å². The van der Waals surface area contributed by atoms with Crippen LogP contribution in [-0.2, 0) is 0 Å². The Labute approximate surface area is 135 Å². The number of nitrogens with zero attached hydrogens (tertiary/aromatic N) is 2. The Morgan fingerprint density at radius 2 is 2.13 bits per heavy atom. The van der Waals surface area contributed by atoms with E-state index in [-0.39, 0.29) is 34.1 Å². The van der Waals surface area contributed by atoms with Crippen LogP contribution in [0.5, 0.6) is 0 Å². The third-order valence-corrected chi connectivity index (χ3v) is 3.44. The second-order valence-electron chi connectivity index (χ2n) is 4.67. The molecule has 0 bridgehead atoms. The molecule has 1 unspecified atom stereocenters. The van der Waals surface area contributed by atoms with Crippen LogP contribution in [0.15, 0.2) is 36.4 Å². The topological polar surface area (TPSA) is 99.2 Å². The molecule has 1 atom stereocenters. The Bertz CT molecular complexity index is 792. The summed E-state index contributed by atoms with van der Waals surface area (Å²) in [6.07, 6.45) is -1.09. The normalized spacial score (nSPS) is 11.6. The number of benzene rings is 2. The van der Waals surface area contributed by atoms with E-state index < -0.39 is 16.8 Å². The predicted molar refractivity (Wildman–Crippen MR) is 82.7 cm³/mol. The van der Waals surface area contributed by atoms with Gasteiger partial charge in [-0.25, -0.2) is 4.39 Å². The first-order valence-electron chi connectivity index (χ1n) is 6.48.